The molecule has 2 atom stereocenters. The van der Waals surface area contributed by atoms with E-state index < -0.39 is 13.9 Å². The van der Waals surface area contributed by atoms with Gasteiger partial charge in [0, 0.05) is 13.0 Å². The quantitative estimate of drug-likeness (QED) is 0.0197. The maximum atomic E-state index is 12.8. The lowest BCUT2D eigenvalue weighted by Crippen LogP contribution is -2.37. The Hall–Kier alpha value is -2.32. The van der Waals surface area contributed by atoms with E-state index >= 15 is 0 Å². The first-order valence-corrected chi connectivity index (χ1v) is 28.8. The SMILES string of the molecule is CC/C=C\C/C=C\C/C=C\C/C=C\CCCCCCCCCCC(=O)OC(COCCCCCCCCCCC/C=C\C/C=C\C/C=C\CCCCCCC)COP(=O)([O-])OCC[N+](C)(C)C. The van der Waals surface area contributed by atoms with Crippen molar-refractivity contribution in [1.29, 1.82) is 0 Å². The van der Waals surface area contributed by atoms with E-state index in [-0.39, 0.29) is 25.8 Å². The zero-order valence-corrected chi connectivity index (χ0v) is 45.0. The van der Waals surface area contributed by atoms with Gasteiger partial charge >= 0.3 is 5.97 Å². The second-order valence-electron chi connectivity index (χ2n) is 19.2. The van der Waals surface area contributed by atoms with Gasteiger partial charge in [-0.2, -0.15) is 0 Å². The summed E-state index contributed by atoms with van der Waals surface area (Å²) in [5.41, 5.74) is 0. The number of carbonyl (C=O) groups excluding carboxylic acids is 1. The largest absolute Gasteiger partial charge is 0.756 e. The fraction of sp³-hybridized carbons (Fsp3) is 0.741. The number of likely N-dealkylation sites (N-methyl/N-ethyl adjacent to an activating group) is 1. The Balaban J connectivity index is 4.15. The molecule has 67 heavy (non-hydrogen) atoms. The molecule has 0 aromatic carbocycles. The molecule has 0 aliphatic carbocycles. The summed E-state index contributed by atoms with van der Waals surface area (Å²) >= 11 is 0. The third-order valence-electron chi connectivity index (χ3n) is 11.4. The fourth-order valence-electron chi connectivity index (χ4n) is 7.25. The van der Waals surface area contributed by atoms with Gasteiger partial charge in [-0.3, -0.25) is 9.36 Å². The Kier molecular flexibility index (Phi) is 48.3. The average molecular weight is 958 g/mol. The summed E-state index contributed by atoms with van der Waals surface area (Å²) in [5.74, 6) is -0.346. The second-order valence-corrected chi connectivity index (χ2v) is 20.6. The molecule has 388 valence electrons. The summed E-state index contributed by atoms with van der Waals surface area (Å²) in [5, 5.41) is 0. The third-order valence-corrected chi connectivity index (χ3v) is 12.4. The molecule has 0 aliphatic heterocycles. The first-order chi connectivity index (χ1) is 32.6. The van der Waals surface area contributed by atoms with Crippen molar-refractivity contribution in [2.24, 2.45) is 0 Å². The molecule has 0 N–H and O–H groups in total. The standard InChI is InChI=1S/C58H104NO7P/c1-6-8-10-12-14-16-18-20-22-24-26-28-29-30-32-34-36-38-40-42-44-46-48-50-53-63-55-57(56-65-67(61,62)64-54-52-59(3,4)5)66-58(60)51-49-47-45-43-41-39-37-35-33-31-27-25-23-21-19-17-15-13-11-9-7-2/h9,11,15,17-18,20-21,23-24,26-27,29-31,57H,6-8,10,12-14,16,19,22,25,28,32-56H2,1-5H3/b11-9-,17-15-,20-18-,23-21-,26-24-,30-29-,31-27-. The van der Waals surface area contributed by atoms with E-state index in [2.05, 4.69) is 98.9 Å². The minimum atomic E-state index is -4.54. The van der Waals surface area contributed by atoms with Gasteiger partial charge in [0.05, 0.1) is 34.4 Å². The summed E-state index contributed by atoms with van der Waals surface area (Å²) in [6.07, 6.45) is 67.5. The zero-order chi connectivity index (χ0) is 49.0. The lowest BCUT2D eigenvalue weighted by Gasteiger charge is -2.28. The average Bonchev–Trinajstić information content (AvgIpc) is 3.29. The van der Waals surface area contributed by atoms with Crippen molar-refractivity contribution in [2.75, 3.05) is 54.1 Å². The molecule has 0 heterocycles. The minimum Gasteiger partial charge on any atom is -0.756 e. The smallest absolute Gasteiger partial charge is 0.306 e. The van der Waals surface area contributed by atoms with Crippen LogP contribution in [0.25, 0.3) is 0 Å². The van der Waals surface area contributed by atoms with Crippen LogP contribution >= 0.6 is 7.82 Å². The lowest BCUT2D eigenvalue weighted by atomic mass is 10.1. The number of unbranched alkanes of at least 4 members (excludes halogenated alkanes) is 22. The van der Waals surface area contributed by atoms with E-state index in [0.717, 1.165) is 77.0 Å². The lowest BCUT2D eigenvalue weighted by molar-refractivity contribution is -0.870. The monoisotopic (exact) mass is 958 g/mol. The molecular weight excluding hydrogens is 854 g/mol. The van der Waals surface area contributed by atoms with Crippen LogP contribution in [0.5, 0.6) is 0 Å². The topological polar surface area (TPSA) is 94.1 Å². The van der Waals surface area contributed by atoms with Crippen LogP contribution in [0.2, 0.25) is 0 Å². The van der Waals surface area contributed by atoms with Crippen molar-refractivity contribution in [3.8, 4) is 0 Å². The van der Waals surface area contributed by atoms with E-state index in [0.29, 0.717) is 24.1 Å². The van der Waals surface area contributed by atoms with Gasteiger partial charge in [0.15, 0.2) is 0 Å². The Morgan fingerprint density at radius 2 is 0.866 bits per heavy atom. The molecule has 0 rings (SSSR count). The first-order valence-electron chi connectivity index (χ1n) is 27.3. The van der Waals surface area contributed by atoms with Crippen LogP contribution in [-0.2, 0) is 27.9 Å². The van der Waals surface area contributed by atoms with Gasteiger partial charge in [0.2, 0.25) is 0 Å². The number of esters is 1. The van der Waals surface area contributed by atoms with E-state index in [1.807, 2.05) is 21.1 Å². The number of nitrogens with zero attached hydrogens (tertiary/aromatic N) is 1. The first kappa shape index (κ1) is 64.7. The number of phosphoric ester groups is 1. The van der Waals surface area contributed by atoms with E-state index in [9.17, 15) is 14.3 Å². The number of quaternary nitrogens is 1. The highest BCUT2D eigenvalue weighted by Gasteiger charge is 2.20. The fourth-order valence-corrected chi connectivity index (χ4v) is 7.98. The molecule has 0 saturated carbocycles. The summed E-state index contributed by atoms with van der Waals surface area (Å²) in [6.45, 7) is 5.27. The van der Waals surface area contributed by atoms with Crippen molar-refractivity contribution >= 4 is 13.8 Å². The molecule has 0 radical (unpaired) electrons. The number of ether oxygens (including phenoxy) is 2. The normalized spacial score (nSPS) is 14.2. The van der Waals surface area contributed by atoms with Crippen molar-refractivity contribution in [3.63, 3.8) is 0 Å². The number of rotatable bonds is 50. The maximum Gasteiger partial charge on any atom is 0.306 e. The van der Waals surface area contributed by atoms with Gasteiger partial charge in [0.1, 0.15) is 19.3 Å². The van der Waals surface area contributed by atoms with Crippen molar-refractivity contribution in [2.45, 2.75) is 225 Å². The highest BCUT2D eigenvalue weighted by atomic mass is 31.2. The molecule has 2 unspecified atom stereocenters. The van der Waals surface area contributed by atoms with Crippen LogP contribution in [0.4, 0.5) is 0 Å². The molecule has 0 spiro atoms. The van der Waals surface area contributed by atoms with Crippen molar-refractivity contribution < 1.29 is 37.3 Å². The Labute approximate surface area is 414 Å². The highest BCUT2D eigenvalue weighted by molar-refractivity contribution is 7.45. The van der Waals surface area contributed by atoms with Gasteiger partial charge in [0.25, 0.3) is 7.82 Å². The molecule has 0 bridgehead atoms. The number of hydrogen-bond acceptors (Lipinski definition) is 7. The number of carbonyl (C=O) groups is 1. The maximum absolute atomic E-state index is 12.8. The molecule has 9 heteroatoms. The molecule has 0 aliphatic rings. The van der Waals surface area contributed by atoms with Gasteiger partial charge in [-0.25, -0.2) is 0 Å². The van der Waals surface area contributed by atoms with Crippen LogP contribution in [-0.4, -0.2) is 70.7 Å². The number of phosphoric acid groups is 1. The summed E-state index contributed by atoms with van der Waals surface area (Å²) < 4.78 is 34.8. The molecule has 0 saturated heterocycles. The van der Waals surface area contributed by atoms with E-state index in [1.54, 1.807) is 0 Å². The van der Waals surface area contributed by atoms with E-state index in [4.69, 9.17) is 18.5 Å². The predicted molar refractivity (Wildman–Crippen MR) is 286 cm³/mol. The molecule has 0 fully saturated rings. The number of hydrogen-bond donors (Lipinski definition) is 0. The van der Waals surface area contributed by atoms with Gasteiger partial charge in [-0.05, 0) is 89.9 Å². The second kappa shape index (κ2) is 50.1. The summed E-state index contributed by atoms with van der Waals surface area (Å²) in [6, 6.07) is 0. The summed E-state index contributed by atoms with van der Waals surface area (Å²) in [4.78, 5) is 25.2. The Bertz CT molecular complexity index is 1340. The van der Waals surface area contributed by atoms with Crippen LogP contribution in [0.3, 0.4) is 0 Å². The Morgan fingerprint density at radius 3 is 1.30 bits per heavy atom. The van der Waals surface area contributed by atoms with Gasteiger partial charge in [-0.15, -0.1) is 0 Å². The molecule has 8 nitrogen and oxygen atoms in total. The van der Waals surface area contributed by atoms with Crippen LogP contribution in [0.15, 0.2) is 85.1 Å². The minimum absolute atomic E-state index is 0.0190. The van der Waals surface area contributed by atoms with Crippen LogP contribution in [0, 0.1) is 0 Å². The summed E-state index contributed by atoms with van der Waals surface area (Å²) in [7, 11) is 1.34. The van der Waals surface area contributed by atoms with Crippen molar-refractivity contribution in [1.82, 2.24) is 0 Å². The van der Waals surface area contributed by atoms with Gasteiger partial charge in [-0.1, -0.05) is 208 Å². The molecule has 0 aromatic heterocycles. The number of allylic oxidation sites excluding steroid dienone is 14. The third kappa shape index (κ3) is 54.5. The van der Waals surface area contributed by atoms with Gasteiger partial charge < -0.3 is 27.9 Å². The zero-order valence-electron chi connectivity index (χ0n) is 44.1. The molecular formula is C58H104NO7P. The van der Waals surface area contributed by atoms with Crippen LogP contribution < -0.4 is 4.89 Å². The van der Waals surface area contributed by atoms with Crippen molar-refractivity contribution in [3.05, 3.63) is 85.1 Å². The Morgan fingerprint density at radius 1 is 0.478 bits per heavy atom. The molecule has 0 amide bonds. The molecule has 0 aromatic rings. The van der Waals surface area contributed by atoms with E-state index in [1.165, 1.54) is 122 Å². The van der Waals surface area contributed by atoms with Crippen LogP contribution in [0.1, 0.15) is 219 Å². The highest BCUT2D eigenvalue weighted by Crippen LogP contribution is 2.38. The predicted octanol–water partition coefficient (Wildman–Crippen LogP) is 16.5.